The summed E-state index contributed by atoms with van der Waals surface area (Å²) in [5.74, 6) is 0.783. The average molecular weight is 368 g/mol. The van der Waals surface area contributed by atoms with E-state index in [1.807, 2.05) is 38.1 Å². The number of amides is 1. The lowest BCUT2D eigenvalue weighted by atomic mass is 10.2. The summed E-state index contributed by atoms with van der Waals surface area (Å²) in [7, 11) is 0. The van der Waals surface area contributed by atoms with Crippen LogP contribution in [-0.4, -0.2) is 15.9 Å². The third-order valence-corrected chi connectivity index (χ3v) is 3.94. The van der Waals surface area contributed by atoms with Crippen molar-refractivity contribution in [2.45, 2.75) is 20.5 Å². The zero-order chi connectivity index (χ0) is 18.5. The van der Waals surface area contributed by atoms with Crippen molar-refractivity contribution in [2.24, 2.45) is 0 Å². The molecule has 0 aliphatic carbocycles. The van der Waals surface area contributed by atoms with Crippen LogP contribution in [0.15, 0.2) is 54.7 Å². The topological polar surface area (TPSA) is 64.1 Å². The molecule has 0 fully saturated rings. The number of aromatic nitrogens is 2. The zero-order valence-corrected chi connectivity index (χ0v) is 15.2. The Labute approximate surface area is 157 Å². The normalized spacial score (nSPS) is 10.4. The molecule has 1 N–H and O–H groups in total. The van der Waals surface area contributed by atoms with Crippen molar-refractivity contribution in [3.8, 4) is 5.75 Å². The van der Waals surface area contributed by atoms with Crippen LogP contribution in [0.3, 0.4) is 0 Å². The van der Waals surface area contributed by atoms with Gasteiger partial charge in [0.25, 0.3) is 5.91 Å². The molecule has 0 bridgehead atoms. The number of halogens is 1. The van der Waals surface area contributed by atoms with Crippen molar-refractivity contribution in [1.82, 2.24) is 9.97 Å². The molecule has 0 aliphatic rings. The van der Waals surface area contributed by atoms with Crippen LogP contribution in [0.2, 0.25) is 5.02 Å². The lowest BCUT2D eigenvalue weighted by Gasteiger charge is -2.09. The Hall–Kier alpha value is -2.92. The monoisotopic (exact) mass is 367 g/mol. The minimum atomic E-state index is -0.318. The van der Waals surface area contributed by atoms with Crippen molar-refractivity contribution in [2.75, 3.05) is 5.32 Å². The number of carbonyl (C=O) groups is 1. The van der Waals surface area contributed by atoms with Gasteiger partial charge < -0.3 is 10.1 Å². The smallest absolute Gasteiger partial charge is 0.275 e. The molecule has 0 saturated carbocycles. The Kier molecular flexibility index (Phi) is 5.49. The summed E-state index contributed by atoms with van der Waals surface area (Å²) >= 11 is 6.08. The molecule has 6 heteroatoms. The third-order valence-electron chi connectivity index (χ3n) is 3.63. The molecule has 5 nitrogen and oxygen atoms in total. The Morgan fingerprint density at radius 1 is 1.15 bits per heavy atom. The van der Waals surface area contributed by atoms with Gasteiger partial charge in [-0.3, -0.25) is 9.78 Å². The lowest BCUT2D eigenvalue weighted by molar-refractivity contribution is 0.102. The van der Waals surface area contributed by atoms with E-state index in [2.05, 4.69) is 15.3 Å². The van der Waals surface area contributed by atoms with Crippen LogP contribution in [0.25, 0.3) is 0 Å². The van der Waals surface area contributed by atoms with Crippen molar-refractivity contribution < 1.29 is 9.53 Å². The predicted molar refractivity (Wildman–Crippen MR) is 102 cm³/mol. The van der Waals surface area contributed by atoms with Crippen LogP contribution >= 0.6 is 11.6 Å². The van der Waals surface area contributed by atoms with Crippen LogP contribution in [0.1, 0.15) is 27.3 Å². The summed E-state index contributed by atoms with van der Waals surface area (Å²) in [6, 6.07) is 14.5. The van der Waals surface area contributed by atoms with E-state index in [9.17, 15) is 4.79 Å². The molecule has 3 rings (SSSR count). The van der Waals surface area contributed by atoms with Crippen molar-refractivity contribution in [3.05, 3.63) is 82.3 Å². The molecule has 0 saturated heterocycles. The van der Waals surface area contributed by atoms with Crippen LogP contribution in [0, 0.1) is 13.8 Å². The average Bonchev–Trinajstić information content (AvgIpc) is 2.60. The van der Waals surface area contributed by atoms with E-state index in [4.69, 9.17) is 16.3 Å². The molecule has 26 heavy (non-hydrogen) atoms. The van der Waals surface area contributed by atoms with Gasteiger partial charge >= 0.3 is 0 Å². The molecule has 3 aromatic rings. The van der Waals surface area contributed by atoms with E-state index in [0.29, 0.717) is 22.3 Å². The first-order valence-corrected chi connectivity index (χ1v) is 8.48. The molecule has 2 heterocycles. The molecule has 0 aliphatic heterocycles. The largest absolute Gasteiger partial charge is 0.487 e. The van der Waals surface area contributed by atoms with Crippen LogP contribution in [0.4, 0.5) is 5.82 Å². The Balaban J connectivity index is 1.70. The number of ether oxygens (including phenoxy) is 1. The van der Waals surface area contributed by atoms with E-state index in [0.717, 1.165) is 16.8 Å². The van der Waals surface area contributed by atoms with E-state index in [-0.39, 0.29) is 12.5 Å². The van der Waals surface area contributed by atoms with E-state index >= 15 is 0 Å². The quantitative estimate of drug-likeness (QED) is 0.717. The van der Waals surface area contributed by atoms with Gasteiger partial charge in [-0.1, -0.05) is 23.7 Å². The number of nitrogens with zero attached hydrogens (tertiary/aromatic N) is 2. The highest BCUT2D eigenvalue weighted by atomic mass is 35.5. The maximum absolute atomic E-state index is 12.4. The molecular formula is C20H18ClN3O2. The number of hydrogen-bond donors (Lipinski definition) is 1. The van der Waals surface area contributed by atoms with Crippen molar-refractivity contribution >= 4 is 23.3 Å². The number of aryl methyl sites for hydroxylation is 2. The van der Waals surface area contributed by atoms with Gasteiger partial charge in [-0.05, 0) is 61.4 Å². The molecule has 0 spiro atoms. The van der Waals surface area contributed by atoms with Gasteiger partial charge in [-0.2, -0.15) is 0 Å². The number of carbonyl (C=O) groups excluding carboxylic acids is 1. The standard InChI is InChI=1S/C20H18ClN3O2/c1-13-9-14(2)23-19(10-13)24-20(25)17-11-15(7-8-22-17)12-26-18-6-4-3-5-16(18)21/h3-11H,12H2,1-2H3,(H,23,24,25). The predicted octanol–water partition coefficient (Wildman–Crippen LogP) is 4.58. The molecule has 2 aromatic heterocycles. The molecule has 132 valence electrons. The Morgan fingerprint density at radius 3 is 2.73 bits per heavy atom. The fourth-order valence-electron chi connectivity index (χ4n) is 2.50. The Morgan fingerprint density at radius 2 is 1.96 bits per heavy atom. The number of hydrogen-bond acceptors (Lipinski definition) is 4. The SMILES string of the molecule is Cc1cc(C)nc(NC(=O)c2cc(COc3ccccc3Cl)ccn2)c1. The van der Waals surface area contributed by atoms with Gasteiger partial charge in [0.2, 0.25) is 0 Å². The first-order chi connectivity index (χ1) is 12.5. The number of pyridine rings is 2. The first-order valence-electron chi connectivity index (χ1n) is 8.10. The lowest BCUT2D eigenvalue weighted by Crippen LogP contribution is -2.15. The number of anilines is 1. The highest BCUT2D eigenvalue weighted by molar-refractivity contribution is 6.32. The number of rotatable bonds is 5. The second kappa shape index (κ2) is 7.97. The minimum Gasteiger partial charge on any atom is -0.487 e. The maximum atomic E-state index is 12.4. The third kappa shape index (κ3) is 4.58. The van der Waals surface area contributed by atoms with Gasteiger partial charge in [0, 0.05) is 11.9 Å². The van der Waals surface area contributed by atoms with E-state index < -0.39 is 0 Å². The van der Waals surface area contributed by atoms with Gasteiger partial charge in [0.15, 0.2) is 0 Å². The van der Waals surface area contributed by atoms with Gasteiger partial charge in [0.1, 0.15) is 23.9 Å². The second-order valence-corrected chi connectivity index (χ2v) is 6.30. The van der Waals surface area contributed by atoms with Gasteiger partial charge in [0.05, 0.1) is 5.02 Å². The summed E-state index contributed by atoms with van der Waals surface area (Å²) in [5, 5.41) is 3.32. The molecule has 1 aromatic carbocycles. The van der Waals surface area contributed by atoms with Gasteiger partial charge in [-0.25, -0.2) is 4.98 Å². The molecular weight excluding hydrogens is 350 g/mol. The number of para-hydroxylation sites is 1. The van der Waals surface area contributed by atoms with E-state index in [1.54, 1.807) is 30.5 Å². The summed E-state index contributed by atoms with van der Waals surface area (Å²) in [6.45, 7) is 4.12. The molecule has 0 radical (unpaired) electrons. The second-order valence-electron chi connectivity index (χ2n) is 5.89. The van der Waals surface area contributed by atoms with Crippen LogP contribution < -0.4 is 10.1 Å². The van der Waals surface area contributed by atoms with E-state index in [1.165, 1.54) is 0 Å². The maximum Gasteiger partial charge on any atom is 0.275 e. The summed E-state index contributed by atoms with van der Waals surface area (Å²) in [4.78, 5) is 20.9. The fourth-order valence-corrected chi connectivity index (χ4v) is 2.69. The Bertz CT molecular complexity index is 924. The first kappa shape index (κ1) is 17.9. The van der Waals surface area contributed by atoms with Crippen LogP contribution in [0.5, 0.6) is 5.75 Å². The molecule has 1 amide bonds. The van der Waals surface area contributed by atoms with Crippen LogP contribution in [-0.2, 0) is 6.61 Å². The minimum absolute atomic E-state index is 0.286. The highest BCUT2D eigenvalue weighted by Gasteiger charge is 2.10. The van der Waals surface area contributed by atoms with Gasteiger partial charge in [-0.15, -0.1) is 0 Å². The molecule has 0 unspecified atom stereocenters. The zero-order valence-electron chi connectivity index (χ0n) is 14.5. The summed E-state index contributed by atoms with van der Waals surface area (Å²) < 4.78 is 5.70. The number of nitrogens with one attached hydrogen (secondary N) is 1. The van der Waals surface area contributed by atoms with Crippen molar-refractivity contribution in [1.29, 1.82) is 0 Å². The molecule has 0 atom stereocenters. The highest BCUT2D eigenvalue weighted by Crippen LogP contribution is 2.24. The van der Waals surface area contributed by atoms with Crippen molar-refractivity contribution in [3.63, 3.8) is 0 Å². The fraction of sp³-hybridized carbons (Fsp3) is 0.150. The summed E-state index contributed by atoms with van der Waals surface area (Å²) in [6.07, 6.45) is 1.58. The summed E-state index contributed by atoms with van der Waals surface area (Å²) in [5.41, 5.74) is 2.99. The number of benzene rings is 1.